The van der Waals surface area contributed by atoms with Crippen molar-refractivity contribution >= 4 is 39.2 Å². The molecule has 2 saturated heterocycles. The molecule has 3 fully saturated rings. The number of thiophene rings is 1. The summed E-state index contributed by atoms with van der Waals surface area (Å²) >= 11 is 1.61. The molecule has 0 radical (unpaired) electrons. The molecule has 1 aliphatic carbocycles. The number of aromatic nitrogens is 2. The molecule has 4 heterocycles. The van der Waals surface area contributed by atoms with Crippen molar-refractivity contribution in [3.05, 3.63) is 17.8 Å². The first-order chi connectivity index (χ1) is 13.1. The molecule has 8 heteroatoms. The lowest BCUT2D eigenvalue weighted by molar-refractivity contribution is -0.148. The molecule has 1 spiro atoms. The molecule has 1 atom stereocenters. The van der Waals surface area contributed by atoms with Gasteiger partial charge in [-0.3, -0.25) is 4.79 Å². The Hall–Kier alpha value is -2.22. The number of likely N-dealkylation sites (tertiary alicyclic amines) is 1. The van der Waals surface area contributed by atoms with Crippen LogP contribution in [0.3, 0.4) is 0 Å². The molecule has 0 unspecified atom stereocenters. The average Bonchev–Trinajstić information content (AvgIpc) is 3.29. The second-order valence-electron chi connectivity index (χ2n) is 8.12. The fourth-order valence-corrected chi connectivity index (χ4v) is 5.38. The van der Waals surface area contributed by atoms with Crippen molar-refractivity contribution < 1.29 is 14.7 Å². The number of rotatable bonds is 3. The molecule has 2 aromatic heterocycles. The molecule has 1 amide bonds. The lowest BCUT2D eigenvalue weighted by Gasteiger charge is -2.39. The van der Waals surface area contributed by atoms with Crippen LogP contribution in [0.1, 0.15) is 32.1 Å². The van der Waals surface area contributed by atoms with E-state index in [1.54, 1.807) is 22.6 Å². The molecule has 3 aliphatic rings. The van der Waals surface area contributed by atoms with Crippen LogP contribution in [0.25, 0.3) is 10.2 Å². The predicted octanol–water partition coefficient (Wildman–Crippen LogP) is 2.37. The van der Waals surface area contributed by atoms with Crippen molar-refractivity contribution in [2.45, 2.75) is 38.1 Å². The van der Waals surface area contributed by atoms with Gasteiger partial charge in [0.15, 0.2) is 0 Å². The van der Waals surface area contributed by atoms with Crippen molar-refractivity contribution in [2.75, 3.05) is 24.5 Å². The van der Waals surface area contributed by atoms with Gasteiger partial charge < -0.3 is 14.9 Å². The van der Waals surface area contributed by atoms with Crippen LogP contribution in [0.4, 0.5) is 5.82 Å². The molecule has 0 aromatic carbocycles. The number of hydrogen-bond donors (Lipinski definition) is 1. The summed E-state index contributed by atoms with van der Waals surface area (Å²) in [4.78, 5) is 38.1. The van der Waals surface area contributed by atoms with Crippen molar-refractivity contribution in [2.24, 2.45) is 11.3 Å². The number of anilines is 1. The Morgan fingerprint density at radius 2 is 2.00 bits per heavy atom. The quantitative estimate of drug-likeness (QED) is 0.872. The Kier molecular flexibility index (Phi) is 3.86. The van der Waals surface area contributed by atoms with Crippen molar-refractivity contribution in [1.29, 1.82) is 0 Å². The summed E-state index contributed by atoms with van der Waals surface area (Å²) in [6.07, 6.45) is 5.79. The molecule has 27 heavy (non-hydrogen) atoms. The summed E-state index contributed by atoms with van der Waals surface area (Å²) in [6, 6.07) is 1.40. The third-order valence-electron chi connectivity index (χ3n) is 6.37. The number of hydrogen-bond acceptors (Lipinski definition) is 6. The van der Waals surface area contributed by atoms with Gasteiger partial charge in [0, 0.05) is 25.6 Å². The van der Waals surface area contributed by atoms with Crippen LogP contribution in [-0.2, 0) is 9.59 Å². The lowest BCUT2D eigenvalue weighted by atomic mass is 9.76. The Labute approximate surface area is 161 Å². The van der Waals surface area contributed by atoms with Crippen molar-refractivity contribution in [3.63, 3.8) is 0 Å². The zero-order valence-electron chi connectivity index (χ0n) is 15.0. The Morgan fingerprint density at radius 3 is 2.70 bits per heavy atom. The van der Waals surface area contributed by atoms with E-state index in [9.17, 15) is 14.7 Å². The Morgan fingerprint density at radius 1 is 1.22 bits per heavy atom. The maximum Gasteiger partial charge on any atom is 0.326 e. The van der Waals surface area contributed by atoms with Gasteiger partial charge in [-0.15, -0.1) is 11.3 Å². The number of carboxylic acids is 1. The summed E-state index contributed by atoms with van der Waals surface area (Å²) in [5, 5.41) is 12.8. The smallest absolute Gasteiger partial charge is 0.326 e. The first kappa shape index (κ1) is 16.9. The molecule has 2 aromatic rings. The van der Waals surface area contributed by atoms with E-state index in [1.807, 2.05) is 5.38 Å². The maximum absolute atomic E-state index is 12.6. The molecule has 1 N–H and O–H groups in total. The second-order valence-corrected chi connectivity index (χ2v) is 9.02. The van der Waals surface area contributed by atoms with Gasteiger partial charge in [0.05, 0.1) is 5.39 Å². The van der Waals surface area contributed by atoms with E-state index in [1.165, 1.54) is 0 Å². The molecule has 1 saturated carbocycles. The van der Waals surface area contributed by atoms with Gasteiger partial charge in [0.1, 0.15) is 23.0 Å². The van der Waals surface area contributed by atoms with Gasteiger partial charge in [-0.1, -0.05) is 0 Å². The van der Waals surface area contributed by atoms with E-state index < -0.39 is 12.0 Å². The van der Waals surface area contributed by atoms with Crippen LogP contribution in [0.15, 0.2) is 17.8 Å². The molecular weight excluding hydrogens is 364 g/mol. The summed E-state index contributed by atoms with van der Waals surface area (Å²) < 4.78 is 0. The van der Waals surface area contributed by atoms with Crippen LogP contribution < -0.4 is 4.90 Å². The number of nitrogens with zero attached hydrogens (tertiary/aromatic N) is 4. The minimum absolute atomic E-state index is 0.0532. The first-order valence-corrected chi connectivity index (χ1v) is 10.4. The van der Waals surface area contributed by atoms with Gasteiger partial charge in [0.2, 0.25) is 5.91 Å². The van der Waals surface area contributed by atoms with Crippen molar-refractivity contribution in [1.82, 2.24) is 14.9 Å². The molecule has 0 bridgehead atoms. The predicted molar refractivity (Wildman–Crippen MR) is 102 cm³/mol. The van der Waals surface area contributed by atoms with Crippen molar-refractivity contribution in [3.8, 4) is 0 Å². The Bertz CT molecular complexity index is 901. The number of amides is 1. The summed E-state index contributed by atoms with van der Waals surface area (Å²) in [5.74, 6) is 0.223. The van der Waals surface area contributed by atoms with Crippen LogP contribution >= 0.6 is 11.3 Å². The van der Waals surface area contributed by atoms with E-state index in [0.717, 1.165) is 54.8 Å². The van der Waals surface area contributed by atoms with Crippen LogP contribution in [0.5, 0.6) is 0 Å². The summed E-state index contributed by atoms with van der Waals surface area (Å²) in [7, 11) is 0. The fraction of sp³-hybridized carbons (Fsp3) is 0.579. The van der Waals surface area contributed by atoms with Gasteiger partial charge >= 0.3 is 5.97 Å². The fourth-order valence-electron chi connectivity index (χ4n) is 4.66. The number of carbonyl (C=O) groups excluding carboxylic acids is 1. The number of fused-ring (bicyclic) bond motifs is 1. The highest BCUT2D eigenvalue weighted by molar-refractivity contribution is 7.16. The molecule has 7 nitrogen and oxygen atoms in total. The number of piperidine rings is 1. The third-order valence-corrected chi connectivity index (χ3v) is 7.19. The average molecular weight is 386 g/mol. The molecular formula is C19H22N4O3S. The molecule has 142 valence electrons. The van der Waals surface area contributed by atoms with Crippen LogP contribution in [-0.4, -0.2) is 57.5 Å². The summed E-state index contributed by atoms with van der Waals surface area (Å²) in [6.45, 7) is 2.25. The Balaban J connectivity index is 1.34. The largest absolute Gasteiger partial charge is 0.480 e. The minimum Gasteiger partial charge on any atom is -0.480 e. The lowest BCUT2D eigenvalue weighted by Crippen LogP contribution is -2.43. The number of carboxylic acid groups (broad SMARTS) is 1. The van der Waals surface area contributed by atoms with E-state index in [4.69, 9.17) is 0 Å². The first-order valence-electron chi connectivity index (χ1n) is 9.53. The second kappa shape index (κ2) is 6.15. The van der Waals surface area contributed by atoms with Gasteiger partial charge in [-0.2, -0.15) is 0 Å². The van der Waals surface area contributed by atoms with Crippen LogP contribution in [0, 0.1) is 11.3 Å². The van der Waals surface area contributed by atoms with Gasteiger partial charge in [-0.05, 0) is 49.0 Å². The highest BCUT2D eigenvalue weighted by Crippen LogP contribution is 2.46. The van der Waals surface area contributed by atoms with Gasteiger partial charge in [0.25, 0.3) is 0 Å². The standard InChI is InChI=1S/C19H22N4O3S/c24-17(12-1-2-12)23-10-19(9-14(23)18(25)26)4-6-22(7-5-19)15-13-3-8-27-16(13)21-11-20-15/h3,8,11-12,14H,1-2,4-7,9-10H2,(H,25,26)/t14-/m1/s1. The normalized spacial score (nSPS) is 24.7. The highest BCUT2D eigenvalue weighted by atomic mass is 32.1. The highest BCUT2D eigenvalue weighted by Gasteiger charge is 2.51. The van der Waals surface area contributed by atoms with E-state index in [2.05, 4.69) is 20.9 Å². The van der Waals surface area contributed by atoms with E-state index >= 15 is 0 Å². The number of carbonyl (C=O) groups is 2. The summed E-state index contributed by atoms with van der Waals surface area (Å²) in [5.41, 5.74) is -0.0785. The number of aliphatic carboxylic acids is 1. The topological polar surface area (TPSA) is 86.6 Å². The SMILES string of the molecule is O=C(O)[C@H]1CC2(CCN(c3ncnc4sccc34)CC2)CN1C(=O)C1CC1. The van der Waals surface area contributed by atoms with E-state index in [-0.39, 0.29) is 17.2 Å². The monoisotopic (exact) mass is 386 g/mol. The zero-order chi connectivity index (χ0) is 18.6. The third kappa shape index (κ3) is 2.86. The molecule has 5 rings (SSSR count). The minimum atomic E-state index is -0.862. The zero-order valence-corrected chi connectivity index (χ0v) is 15.8. The van der Waals surface area contributed by atoms with E-state index in [0.29, 0.717) is 13.0 Å². The molecule has 2 aliphatic heterocycles. The van der Waals surface area contributed by atoms with Crippen LogP contribution in [0.2, 0.25) is 0 Å². The van der Waals surface area contributed by atoms with Gasteiger partial charge in [-0.25, -0.2) is 14.8 Å². The maximum atomic E-state index is 12.6.